The molecule has 0 spiro atoms. The van der Waals surface area contributed by atoms with E-state index in [1.807, 2.05) is 26.8 Å². The number of rotatable bonds is 12. The molecule has 3 aromatic heterocycles. The summed E-state index contributed by atoms with van der Waals surface area (Å²) in [7, 11) is 3.03. The monoisotopic (exact) mass is 700 g/mol. The third-order valence-corrected chi connectivity index (χ3v) is 8.41. The number of aromatic nitrogens is 4. The zero-order valence-electron chi connectivity index (χ0n) is 28.9. The van der Waals surface area contributed by atoms with E-state index in [-0.39, 0.29) is 28.1 Å². The molecular formula is C36H41ClN8O5. The summed E-state index contributed by atoms with van der Waals surface area (Å²) in [5.41, 5.74) is 1.74. The van der Waals surface area contributed by atoms with Gasteiger partial charge < -0.3 is 24.8 Å². The number of allylic oxidation sites excluding steroid dienone is 1. The first-order chi connectivity index (χ1) is 24.0. The van der Waals surface area contributed by atoms with Crippen LogP contribution >= 0.6 is 11.6 Å². The number of nitrogens with zero attached hydrogens (tertiary/aromatic N) is 6. The largest absolute Gasteiger partial charge is 0.497 e. The summed E-state index contributed by atoms with van der Waals surface area (Å²) >= 11 is 6.74. The summed E-state index contributed by atoms with van der Waals surface area (Å²) in [5.74, 6) is 0.753. The van der Waals surface area contributed by atoms with Gasteiger partial charge in [0.1, 0.15) is 28.8 Å². The summed E-state index contributed by atoms with van der Waals surface area (Å²) in [6, 6.07) is 10.5. The number of amides is 1. The van der Waals surface area contributed by atoms with Crippen LogP contribution in [0.2, 0.25) is 5.02 Å². The first kappa shape index (κ1) is 36.3. The van der Waals surface area contributed by atoms with E-state index < -0.39 is 5.91 Å². The second-order valence-corrected chi connectivity index (χ2v) is 13.2. The maximum absolute atomic E-state index is 14.3. The van der Waals surface area contributed by atoms with Gasteiger partial charge in [0.05, 0.1) is 44.3 Å². The van der Waals surface area contributed by atoms with E-state index in [1.54, 1.807) is 47.2 Å². The zero-order chi connectivity index (χ0) is 35.8. The van der Waals surface area contributed by atoms with Crippen LogP contribution < -0.4 is 25.7 Å². The van der Waals surface area contributed by atoms with Gasteiger partial charge in [0.25, 0.3) is 11.5 Å². The molecule has 5 rings (SSSR count). The molecule has 2 N–H and O–H groups in total. The Bertz CT molecular complexity index is 1980. The van der Waals surface area contributed by atoms with E-state index in [1.165, 1.54) is 20.4 Å². The molecule has 14 heteroatoms. The van der Waals surface area contributed by atoms with Crippen molar-refractivity contribution >= 4 is 40.2 Å². The Morgan fingerprint density at radius 3 is 2.52 bits per heavy atom. The van der Waals surface area contributed by atoms with Crippen molar-refractivity contribution in [3.05, 3.63) is 75.4 Å². The average Bonchev–Trinajstić information content (AvgIpc) is 3.11. The number of carbonyl (C=O) groups excluding carboxylic acids is 1. The highest BCUT2D eigenvalue weighted by Crippen LogP contribution is 2.38. The number of ether oxygens (including phenoxy) is 3. The standard InChI is InChI=1S/C36H41ClN8O5/c1-36(2,3)19-24(20-38)33(46)42-26-7-6-25(40-22-26)8-10-45-32-23(21-41-35(43-32)39-9-11-44-12-14-50-15-13-44)16-29(34(45)47)28-17-27(48-4)18-30(49-5)31(28)37/h6-7,16-19,21-22H,8-15H2,1-5H3,(H,42,46)(H,39,41,43)/b24-19+. The fourth-order valence-corrected chi connectivity index (χ4v) is 5.77. The predicted octanol–water partition coefficient (Wildman–Crippen LogP) is 4.95. The lowest BCUT2D eigenvalue weighted by atomic mass is 9.93. The fourth-order valence-electron chi connectivity index (χ4n) is 5.48. The van der Waals surface area contributed by atoms with E-state index in [0.717, 1.165) is 19.6 Å². The van der Waals surface area contributed by atoms with Gasteiger partial charge in [-0.2, -0.15) is 10.2 Å². The molecule has 1 aliphatic rings. The molecule has 262 valence electrons. The van der Waals surface area contributed by atoms with Crippen LogP contribution in [0.3, 0.4) is 0 Å². The number of hydrogen-bond acceptors (Lipinski definition) is 11. The summed E-state index contributed by atoms with van der Waals surface area (Å²) in [6.07, 6.45) is 5.21. The third-order valence-electron chi connectivity index (χ3n) is 8.02. The quantitative estimate of drug-likeness (QED) is 0.152. The third kappa shape index (κ3) is 8.95. The lowest BCUT2D eigenvalue weighted by Crippen LogP contribution is -2.39. The van der Waals surface area contributed by atoms with Crippen molar-refractivity contribution < 1.29 is 19.0 Å². The van der Waals surface area contributed by atoms with Crippen LogP contribution in [-0.4, -0.2) is 83.9 Å². The van der Waals surface area contributed by atoms with Crippen LogP contribution in [0.4, 0.5) is 11.6 Å². The Kier molecular flexibility index (Phi) is 11.7. The normalized spacial score (nSPS) is 13.9. The van der Waals surface area contributed by atoms with E-state index in [2.05, 4.69) is 25.5 Å². The summed E-state index contributed by atoms with van der Waals surface area (Å²) in [4.78, 5) is 43.1. The molecule has 1 amide bonds. The molecule has 0 atom stereocenters. The topological polar surface area (TPSA) is 157 Å². The Morgan fingerprint density at radius 1 is 1.08 bits per heavy atom. The van der Waals surface area contributed by atoms with Gasteiger partial charge in [-0.15, -0.1) is 0 Å². The number of nitriles is 1. The van der Waals surface area contributed by atoms with Crippen molar-refractivity contribution in [3.8, 4) is 28.7 Å². The number of benzene rings is 1. The molecule has 1 saturated heterocycles. The molecule has 4 heterocycles. The zero-order valence-corrected chi connectivity index (χ0v) is 29.6. The van der Waals surface area contributed by atoms with Crippen LogP contribution in [0.1, 0.15) is 26.5 Å². The van der Waals surface area contributed by atoms with Crippen LogP contribution in [0.25, 0.3) is 22.2 Å². The maximum atomic E-state index is 14.3. The number of fused-ring (bicyclic) bond motifs is 1. The van der Waals surface area contributed by atoms with Crippen LogP contribution in [0, 0.1) is 16.7 Å². The number of nitrogens with one attached hydrogen (secondary N) is 2. The number of hydrogen-bond donors (Lipinski definition) is 2. The SMILES string of the molecule is COc1cc(OC)c(Cl)c(-c2cc3cnc(NCCN4CCOCC4)nc3n(CCc3ccc(NC(=O)/C(C#N)=C/C(C)(C)C)cn3)c2=O)c1. The first-order valence-corrected chi connectivity index (χ1v) is 16.6. The van der Waals surface area contributed by atoms with Gasteiger partial charge in [-0.25, -0.2) is 4.98 Å². The number of pyridine rings is 2. The molecule has 0 aliphatic carbocycles. The molecule has 1 aliphatic heterocycles. The average molecular weight is 701 g/mol. The van der Waals surface area contributed by atoms with E-state index in [4.69, 9.17) is 30.8 Å². The molecule has 0 bridgehead atoms. The first-order valence-electron chi connectivity index (χ1n) is 16.3. The van der Waals surface area contributed by atoms with Gasteiger partial charge in [0, 0.05) is 73.6 Å². The van der Waals surface area contributed by atoms with Crippen molar-refractivity contribution in [2.75, 3.05) is 64.2 Å². The van der Waals surface area contributed by atoms with Crippen molar-refractivity contribution in [2.24, 2.45) is 5.41 Å². The molecule has 0 radical (unpaired) electrons. The minimum absolute atomic E-state index is 0.0263. The second-order valence-electron chi connectivity index (χ2n) is 12.8. The lowest BCUT2D eigenvalue weighted by molar-refractivity contribution is -0.112. The Morgan fingerprint density at radius 2 is 1.86 bits per heavy atom. The molecule has 13 nitrogen and oxygen atoms in total. The van der Waals surface area contributed by atoms with Crippen LogP contribution in [0.15, 0.2) is 59.2 Å². The van der Waals surface area contributed by atoms with E-state index in [0.29, 0.717) is 77.2 Å². The summed E-state index contributed by atoms with van der Waals surface area (Å²) < 4.78 is 18.0. The molecular weight excluding hydrogens is 660 g/mol. The van der Waals surface area contributed by atoms with Gasteiger partial charge in [-0.05, 0) is 29.7 Å². The van der Waals surface area contributed by atoms with Gasteiger partial charge in [0.2, 0.25) is 5.95 Å². The van der Waals surface area contributed by atoms with Gasteiger partial charge in [-0.3, -0.25) is 24.0 Å². The number of anilines is 2. The summed E-state index contributed by atoms with van der Waals surface area (Å²) in [6.45, 7) is 10.6. The van der Waals surface area contributed by atoms with Crippen LogP contribution in [-0.2, 0) is 22.5 Å². The molecule has 1 aromatic carbocycles. The number of morpholine rings is 1. The molecule has 4 aromatic rings. The van der Waals surface area contributed by atoms with Gasteiger partial charge in [-0.1, -0.05) is 38.4 Å². The summed E-state index contributed by atoms with van der Waals surface area (Å²) in [5, 5.41) is 16.4. The van der Waals surface area contributed by atoms with Crippen molar-refractivity contribution in [3.63, 3.8) is 0 Å². The van der Waals surface area contributed by atoms with Crippen molar-refractivity contribution in [1.29, 1.82) is 5.26 Å². The lowest BCUT2D eigenvalue weighted by Gasteiger charge is -2.26. The Hall–Kier alpha value is -5.03. The van der Waals surface area contributed by atoms with Crippen molar-refractivity contribution in [2.45, 2.75) is 33.7 Å². The maximum Gasteiger partial charge on any atom is 0.266 e. The number of methoxy groups -OCH3 is 2. The highest BCUT2D eigenvalue weighted by molar-refractivity contribution is 6.35. The van der Waals surface area contributed by atoms with Crippen LogP contribution in [0.5, 0.6) is 11.5 Å². The number of carbonyl (C=O) groups is 1. The highest BCUT2D eigenvalue weighted by Gasteiger charge is 2.20. The van der Waals surface area contributed by atoms with Gasteiger partial charge >= 0.3 is 0 Å². The number of halogens is 1. The molecule has 0 saturated carbocycles. The Labute approximate surface area is 295 Å². The molecule has 0 unspecified atom stereocenters. The highest BCUT2D eigenvalue weighted by atomic mass is 35.5. The fraction of sp³-hybridized carbons (Fsp3) is 0.389. The predicted molar refractivity (Wildman–Crippen MR) is 193 cm³/mol. The van der Waals surface area contributed by atoms with E-state index >= 15 is 0 Å². The van der Waals surface area contributed by atoms with E-state index in [9.17, 15) is 14.9 Å². The Balaban J connectivity index is 1.44. The molecule has 50 heavy (non-hydrogen) atoms. The van der Waals surface area contributed by atoms with Crippen molar-refractivity contribution in [1.82, 2.24) is 24.4 Å². The smallest absolute Gasteiger partial charge is 0.266 e. The minimum Gasteiger partial charge on any atom is -0.497 e. The molecule has 1 fully saturated rings. The number of aryl methyl sites for hydroxylation is 2. The van der Waals surface area contributed by atoms with Gasteiger partial charge in [0.15, 0.2) is 0 Å². The second kappa shape index (κ2) is 16.1. The minimum atomic E-state index is -0.506.